The molecule has 1 nitrogen and oxygen atoms in total. The van der Waals surface area contributed by atoms with E-state index in [1.54, 1.807) is 0 Å². The highest BCUT2D eigenvalue weighted by atomic mass is 14.9. The van der Waals surface area contributed by atoms with Gasteiger partial charge in [-0.25, -0.2) is 0 Å². The fraction of sp³-hybridized carbons (Fsp3) is 0.143. The number of aryl methyl sites for hydroxylation is 1. The largest absolute Gasteiger partial charge is 0.324 e. The molecule has 15 heavy (non-hydrogen) atoms. The SMILES string of the molecule is C=Cc1ccc(-n2cccc2)cc1CC. The van der Waals surface area contributed by atoms with Crippen LogP contribution in [0.3, 0.4) is 0 Å². The molecule has 0 aliphatic heterocycles. The van der Waals surface area contributed by atoms with E-state index in [-0.39, 0.29) is 0 Å². The van der Waals surface area contributed by atoms with Gasteiger partial charge in [0, 0.05) is 18.1 Å². The number of hydrogen-bond donors (Lipinski definition) is 0. The maximum atomic E-state index is 3.83. The minimum Gasteiger partial charge on any atom is -0.324 e. The van der Waals surface area contributed by atoms with Gasteiger partial charge in [0.25, 0.3) is 0 Å². The molecule has 0 bridgehead atoms. The average Bonchev–Trinajstić information content (AvgIpc) is 2.81. The van der Waals surface area contributed by atoms with Crippen molar-refractivity contribution >= 4 is 6.08 Å². The monoisotopic (exact) mass is 197 g/mol. The third kappa shape index (κ3) is 1.86. The zero-order valence-corrected chi connectivity index (χ0v) is 8.98. The highest BCUT2D eigenvalue weighted by Crippen LogP contribution is 2.17. The molecule has 1 aromatic heterocycles. The van der Waals surface area contributed by atoms with Crippen molar-refractivity contribution in [3.8, 4) is 5.69 Å². The number of nitrogens with zero attached hydrogens (tertiary/aromatic N) is 1. The molecule has 1 aromatic carbocycles. The van der Waals surface area contributed by atoms with E-state index in [4.69, 9.17) is 0 Å². The first-order chi connectivity index (χ1) is 7.35. The van der Waals surface area contributed by atoms with Crippen LogP contribution in [0, 0.1) is 0 Å². The lowest BCUT2D eigenvalue weighted by atomic mass is 10.0. The number of rotatable bonds is 3. The van der Waals surface area contributed by atoms with Crippen LogP contribution in [0.5, 0.6) is 0 Å². The van der Waals surface area contributed by atoms with Crippen LogP contribution in [-0.4, -0.2) is 4.57 Å². The molecule has 0 amide bonds. The summed E-state index contributed by atoms with van der Waals surface area (Å²) in [4.78, 5) is 0. The Bertz CT molecular complexity index is 452. The summed E-state index contributed by atoms with van der Waals surface area (Å²) in [6.45, 7) is 5.99. The van der Waals surface area contributed by atoms with Crippen molar-refractivity contribution in [2.45, 2.75) is 13.3 Å². The highest BCUT2D eigenvalue weighted by Gasteiger charge is 2.00. The van der Waals surface area contributed by atoms with E-state index < -0.39 is 0 Å². The van der Waals surface area contributed by atoms with Gasteiger partial charge >= 0.3 is 0 Å². The lowest BCUT2D eigenvalue weighted by Gasteiger charge is -2.08. The Hall–Kier alpha value is -1.76. The Kier molecular flexibility index (Phi) is 2.72. The van der Waals surface area contributed by atoms with Gasteiger partial charge < -0.3 is 4.57 Å². The predicted octanol–water partition coefficient (Wildman–Crippen LogP) is 3.68. The van der Waals surface area contributed by atoms with Gasteiger partial charge in [-0.15, -0.1) is 0 Å². The van der Waals surface area contributed by atoms with Gasteiger partial charge in [0.15, 0.2) is 0 Å². The molecular weight excluding hydrogens is 182 g/mol. The molecule has 2 rings (SSSR count). The molecule has 0 unspecified atom stereocenters. The summed E-state index contributed by atoms with van der Waals surface area (Å²) in [5.41, 5.74) is 3.78. The molecular formula is C14H15N. The second kappa shape index (κ2) is 4.18. The smallest absolute Gasteiger partial charge is 0.0452 e. The van der Waals surface area contributed by atoms with E-state index in [1.165, 1.54) is 16.8 Å². The van der Waals surface area contributed by atoms with E-state index in [0.29, 0.717) is 0 Å². The fourth-order valence-electron chi connectivity index (χ4n) is 1.76. The minimum atomic E-state index is 1.04. The van der Waals surface area contributed by atoms with Crippen LogP contribution in [-0.2, 0) is 6.42 Å². The average molecular weight is 197 g/mol. The van der Waals surface area contributed by atoms with Crippen molar-refractivity contribution in [3.05, 3.63) is 60.4 Å². The molecule has 0 N–H and O–H groups in total. The van der Waals surface area contributed by atoms with Crippen LogP contribution in [0.2, 0.25) is 0 Å². The molecule has 0 saturated carbocycles. The standard InChI is InChI=1S/C14H15N/c1-3-12-7-8-14(11-13(12)4-2)15-9-5-6-10-15/h3,5-11H,1,4H2,2H3. The fourth-order valence-corrected chi connectivity index (χ4v) is 1.76. The normalized spacial score (nSPS) is 10.2. The Morgan fingerprint density at radius 2 is 2.00 bits per heavy atom. The third-order valence-electron chi connectivity index (χ3n) is 2.63. The van der Waals surface area contributed by atoms with Crippen LogP contribution in [0.25, 0.3) is 11.8 Å². The number of benzene rings is 1. The molecule has 0 fully saturated rings. The Morgan fingerprint density at radius 3 is 2.60 bits per heavy atom. The van der Waals surface area contributed by atoms with Crippen LogP contribution in [0.15, 0.2) is 49.3 Å². The van der Waals surface area contributed by atoms with Crippen molar-refractivity contribution in [1.29, 1.82) is 0 Å². The molecule has 1 heteroatoms. The molecule has 0 aliphatic carbocycles. The van der Waals surface area contributed by atoms with Crippen LogP contribution >= 0.6 is 0 Å². The maximum absolute atomic E-state index is 3.83. The number of aromatic nitrogens is 1. The Morgan fingerprint density at radius 1 is 1.27 bits per heavy atom. The molecule has 0 saturated heterocycles. The maximum Gasteiger partial charge on any atom is 0.0452 e. The lowest BCUT2D eigenvalue weighted by molar-refractivity contribution is 1.05. The van der Waals surface area contributed by atoms with Crippen molar-refractivity contribution in [2.24, 2.45) is 0 Å². The minimum absolute atomic E-state index is 1.04. The van der Waals surface area contributed by atoms with Crippen LogP contribution in [0.1, 0.15) is 18.1 Å². The van der Waals surface area contributed by atoms with Gasteiger partial charge in [-0.1, -0.05) is 25.6 Å². The second-order valence-electron chi connectivity index (χ2n) is 3.53. The van der Waals surface area contributed by atoms with Gasteiger partial charge in [-0.05, 0) is 41.8 Å². The van der Waals surface area contributed by atoms with Gasteiger partial charge in [-0.3, -0.25) is 0 Å². The summed E-state index contributed by atoms with van der Waals surface area (Å²) >= 11 is 0. The van der Waals surface area contributed by atoms with Crippen molar-refractivity contribution in [1.82, 2.24) is 4.57 Å². The van der Waals surface area contributed by atoms with Gasteiger partial charge in [-0.2, -0.15) is 0 Å². The molecule has 76 valence electrons. The summed E-state index contributed by atoms with van der Waals surface area (Å²) < 4.78 is 2.12. The molecule has 0 aliphatic rings. The zero-order chi connectivity index (χ0) is 10.7. The molecule has 0 radical (unpaired) electrons. The third-order valence-corrected chi connectivity index (χ3v) is 2.63. The van der Waals surface area contributed by atoms with E-state index >= 15 is 0 Å². The lowest BCUT2D eigenvalue weighted by Crippen LogP contribution is -1.93. The topological polar surface area (TPSA) is 4.93 Å². The van der Waals surface area contributed by atoms with E-state index in [9.17, 15) is 0 Å². The van der Waals surface area contributed by atoms with Crippen molar-refractivity contribution < 1.29 is 0 Å². The van der Waals surface area contributed by atoms with Gasteiger partial charge in [0.05, 0.1) is 0 Å². The molecule has 0 atom stereocenters. The molecule has 1 heterocycles. The summed E-state index contributed by atoms with van der Waals surface area (Å²) in [6, 6.07) is 10.5. The summed E-state index contributed by atoms with van der Waals surface area (Å²) in [5, 5.41) is 0. The van der Waals surface area contributed by atoms with Gasteiger partial charge in [0.2, 0.25) is 0 Å². The predicted molar refractivity (Wildman–Crippen MR) is 65.2 cm³/mol. The van der Waals surface area contributed by atoms with Crippen molar-refractivity contribution in [3.63, 3.8) is 0 Å². The number of hydrogen-bond acceptors (Lipinski definition) is 0. The first-order valence-electron chi connectivity index (χ1n) is 5.24. The summed E-state index contributed by atoms with van der Waals surface area (Å²) in [5.74, 6) is 0. The van der Waals surface area contributed by atoms with Crippen LogP contribution in [0.4, 0.5) is 0 Å². The van der Waals surface area contributed by atoms with Crippen LogP contribution < -0.4 is 0 Å². The second-order valence-corrected chi connectivity index (χ2v) is 3.53. The van der Waals surface area contributed by atoms with E-state index in [1.807, 2.05) is 18.2 Å². The quantitative estimate of drug-likeness (QED) is 0.707. The van der Waals surface area contributed by atoms with E-state index in [2.05, 4.69) is 48.7 Å². The van der Waals surface area contributed by atoms with Crippen molar-refractivity contribution in [2.75, 3.05) is 0 Å². The molecule has 0 spiro atoms. The Balaban J connectivity index is 2.48. The zero-order valence-electron chi connectivity index (χ0n) is 8.98. The summed E-state index contributed by atoms with van der Waals surface area (Å²) in [7, 11) is 0. The first kappa shape index (κ1) is 9.78. The highest BCUT2D eigenvalue weighted by molar-refractivity contribution is 5.55. The first-order valence-corrected chi connectivity index (χ1v) is 5.24. The molecule has 2 aromatic rings. The van der Waals surface area contributed by atoms with E-state index in [0.717, 1.165) is 6.42 Å². The Labute approximate surface area is 90.7 Å². The van der Waals surface area contributed by atoms with Gasteiger partial charge in [0.1, 0.15) is 0 Å². The summed E-state index contributed by atoms with van der Waals surface area (Å²) in [6.07, 6.45) is 7.07.